The van der Waals surface area contributed by atoms with E-state index in [0.717, 1.165) is 6.54 Å². The zero-order valence-electron chi connectivity index (χ0n) is 11.6. The molecule has 0 unspecified atom stereocenters. The van der Waals surface area contributed by atoms with Crippen LogP contribution in [0, 0.1) is 0 Å². The Bertz CT molecular complexity index is 677. The second kappa shape index (κ2) is 6.86. The van der Waals surface area contributed by atoms with Crippen molar-refractivity contribution in [2.24, 2.45) is 0 Å². The molecule has 0 amide bonds. The van der Waals surface area contributed by atoms with Gasteiger partial charge in [-0.15, -0.1) is 0 Å². The molecular weight excluding hydrogens is 360 g/mol. The molecule has 2 aromatic rings. The van der Waals surface area contributed by atoms with Crippen LogP contribution in [0.3, 0.4) is 0 Å². The summed E-state index contributed by atoms with van der Waals surface area (Å²) in [4.78, 5) is 4.70. The molecule has 0 N–H and O–H groups in total. The molecule has 3 rings (SSSR count). The average molecular weight is 374 g/mol. The highest BCUT2D eigenvalue weighted by atomic mass is 35.9. The third-order valence-electron chi connectivity index (χ3n) is 3.30. The highest BCUT2D eigenvalue weighted by Crippen LogP contribution is 2.57. The van der Waals surface area contributed by atoms with E-state index in [1.807, 2.05) is 24.3 Å². The molecule has 0 fully saturated rings. The molecular formula is C15H14Cl2NO2PS. The SMILES string of the molecule is O=P(Cl)(Cl)OCCCN1c2ccccc2Sc2ccccc21. The van der Waals surface area contributed by atoms with E-state index in [-0.39, 0.29) is 6.61 Å². The normalized spacial score (nSPS) is 13.6. The van der Waals surface area contributed by atoms with Gasteiger partial charge in [0.05, 0.1) is 18.0 Å². The smallest absolute Gasteiger partial charge is 0.340 e. The van der Waals surface area contributed by atoms with E-state index in [2.05, 4.69) is 29.2 Å². The summed E-state index contributed by atoms with van der Waals surface area (Å²) >= 11 is 12.6. The highest BCUT2D eigenvalue weighted by molar-refractivity contribution is 8.05. The number of hydrogen-bond acceptors (Lipinski definition) is 4. The summed E-state index contributed by atoms with van der Waals surface area (Å²) in [6, 6.07) is 16.6. The summed E-state index contributed by atoms with van der Waals surface area (Å²) in [5.41, 5.74) is 2.34. The zero-order valence-corrected chi connectivity index (χ0v) is 14.8. The van der Waals surface area contributed by atoms with Crippen LogP contribution in [0.2, 0.25) is 0 Å². The number of hydrogen-bond donors (Lipinski definition) is 0. The Morgan fingerprint density at radius 3 is 2.09 bits per heavy atom. The van der Waals surface area contributed by atoms with Crippen molar-refractivity contribution in [3.05, 3.63) is 48.5 Å². The van der Waals surface area contributed by atoms with Gasteiger partial charge in [0.2, 0.25) is 0 Å². The van der Waals surface area contributed by atoms with Crippen LogP contribution in [-0.2, 0) is 9.09 Å². The summed E-state index contributed by atoms with van der Waals surface area (Å²) in [5.74, 6) is 0. The first-order chi connectivity index (χ1) is 10.5. The number of para-hydroxylation sites is 2. The molecule has 0 saturated heterocycles. The maximum Gasteiger partial charge on any atom is 0.380 e. The van der Waals surface area contributed by atoms with Gasteiger partial charge >= 0.3 is 6.07 Å². The van der Waals surface area contributed by atoms with Gasteiger partial charge < -0.3 is 9.42 Å². The van der Waals surface area contributed by atoms with Crippen LogP contribution < -0.4 is 4.90 Å². The van der Waals surface area contributed by atoms with Crippen molar-refractivity contribution >= 4 is 51.7 Å². The highest BCUT2D eigenvalue weighted by Gasteiger charge is 2.22. The van der Waals surface area contributed by atoms with Gasteiger partial charge in [-0.05, 0) is 53.2 Å². The van der Waals surface area contributed by atoms with Crippen LogP contribution in [0.1, 0.15) is 6.42 Å². The lowest BCUT2D eigenvalue weighted by molar-refractivity contribution is 0.329. The van der Waals surface area contributed by atoms with Crippen molar-refractivity contribution in [1.29, 1.82) is 0 Å². The zero-order chi connectivity index (χ0) is 15.6. The number of anilines is 2. The van der Waals surface area contributed by atoms with Crippen LogP contribution in [-0.4, -0.2) is 13.2 Å². The van der Waals surface area contributed by atoms with Crippen molar-refractivity contribution in [1.82, 2.24) is 0 Å². The van der Waals surface area contributed by atoms with E-state index in [1.54, 1.807) is 11.8 Å². The van der Waals surface area contributed by atoms with Gasteiger partial charge in [-0.2, -0.15) is 0 Å². The van der Waals surface area contributed by atoms with Gasteiger partial charge in [-0.3, -0.25) is 4.57 Å². The third-order valence-corrected chi connectivity index (χ3v) is 5.50. The van der Waals surface area contributed by atoms with E-state index < -0.39 is 6.07 Å². The van der Waals surface area contributed by atoms with E-state index in [4.69, 9.17) is 27.0 Å². The first kappa shape index (κ1) is 16.2. The molecule has 1 heterocycles. The third kappa shape index (κ3) is 3.81. The molecule has 116 valence electrons. The lowest BCUT2D eigenvalue weighted by atomic mass is 10.2. The Labute approximate surface area is 143 Å². The Hall–Kier alpha value is -0.640. The molecule has 1 aliphatic heterocycles. The van der Waals surface area contributed by atoms with E-state index in [9.17, 15) is 4.57 Å². The van der Waals surface area contributed by atoms with Gasteiger partial charge in [-0.1, -0.05) is 36.0 Å². The summed E-state index contributed by atoms with van der Waals surface area (Å²) in [7, 11) is 0. The second-order valence-electron chi connectivity index (χ2n) is 4.79. The molecule has 1 aliphatic rings. The molecule has 22 heavy (non-hydrogen) atoms. The van der Waals surface area contributed by atoms with Gasteiger partial charge in [0.15, 0.2) is 0 Å². The fraction of sp³-hybridized carbons (Fsp3) is 0.200. The monoisotopic (exact) mass is 373 g/mol. The molecule has 0 spiro atoms. The van der Waals surface area contributed by atoms with Gasteiger partial charge in [-0.25, -0.2) is 0 Å². The Morgan fingerprint density at radius 1 is 1.00 bits per heavy atom. The molecule has 0 atom stereocenters. The quantitative estimate of drug-likeness (QED) is 0.455. The summed E-state index contributed by atoms with van der Waals surface area (Å²) in [6.07, 6.45) is -2.77. The lowest BCUT2D eigenvalue weighted by Gasteiger charge is -2.32. The van der Waals surface area contributed by atoms with E-state index in [1.165, 1.54) is 21.2 Å². The van der Waals surface area contributed by atoms with Gasteiger partial charge in [0, 0.05) is 16.3 Å². The molecule has 3 nitrogen and oxygen atoms in total. The minimum atomic E-state index is -3.45. The minimum absolute atomic E-state index is 0.262. The molecule has 0 radical (unpaired) electrons. The summed E-state index contributed by atoms with van der Waals surface area (Å²) in [6.45, 7) is 1.00. The molecule has 0 bridgehead atoms. The van der Waals surface area contributed by atoms with Gasteiger partial charge in [0.1, 0.15) is 0 Å². The molecule has 0 aliphatic carbocycles. The van der Waals surface area contributed by atoms with Crippen molar-refractivity contribution in [2.75, 3.05) is 18.1 Å². The Morgan fingerprint density at radius 2 is 1.55 bits per heavy atom. The Balaban J connectivity index is 1.79. The molecule has 2 aromatic carbocycles. The fourth-order valence-corrected chi connectivity index (χ4v) is 4.27. The van der Waals surface area contributed by atoms with E-state index in [0.29, 0.717) is 6.42 Å². The van der Waals surface area contributed by atoms with Crippen molar-refractivity contribution in [2.45, 2.75) is 16.2 Å². The maximum atomic E-state index is 11.2. The fourth-order valence-electron chi connectivity index (χ4n) is 2.42. The number of rotatable bonds is 5. The predicted molar refractivity (Wildman–Crippen MR) is 93.9 cm³/mol. The van der Waals surface area contributed by atoms with Crippen LogP contribution in [0.25, 0.3) is 0 Å². The van der Waals surface area contributed by atoms with Crippen LogP contribution in [0.4, 0.5) is 11.4 Å². The second-order valence-corrected chi connectivity index (χ2v) is 10.2. The van der Waals surface area contributed by atoms with E-state index >= 15 is 0 Å². The summed E-state index contributed by atoms with van der Waals surface area (Å²) < 4.78 is 16.1. The first-order valence-corrected chi connectivity index (χ1v) is 11.1. The van der Waals surface area contributed by atoms with Gasteiger partial charge in [0.25, 0.3) is 0 Å². The maximum absolute atomic E-state index is 11.2. The van der Waals surface area contributed by atoms with Crippen LogP contribution >= 0.6 is 40.3 Å². The average Bonchev–Trinajstić information content (AvgIpc) is 2.49. The topological polar surface area (TPSA) is 29.5 Å². The number of nitrogens with zero attached hydrogens (tertiary/aromatic N) is 1. The van der Waals surface area contributed by atoms with Crippen molar-refractivity contribution in [3.63, 3.8) is 0 Å². The molecule has 7 heteroatoms. The van der Waals surface area contributed by atoms with Crippen molar-refractivity contribution < 1.29 is 9.09 Å². The minimum Gasteiger partial charge on any atom is -0.340 e. The largest absolute Gasteiger partial charge is 0.380 e. The first-order valence-electron chi connectivity index (χ1n) is 6.82. The van der Waals surface area contributed by atoms with Crippen molar-refractivity contribution in [3.8, 4) is 0 Å². The number of benzene rings is 2. The lowest BCUT2D eigenvalue weighted by Crippen LogP contribution is -2.22. The van der Waals surface area contributed by atoms with Crippen LogP contribution in [0.5, 0.6) is 0 Å². The van der Waals surface area contributed by atoms with Crippen LogP contribution in [0.15, 0.2) is 58.3 Å². The standard InChI is InChI=1S/C15H14Cl2NO2PS/c16-21(17,19)20-11-5-10-18-12-6-1-3-8-14(12)22-15-9-4-2-7-13(15)18/h1-4,6-9H,5,10-11H2. The number of fused-ring (bicyclic) bond motifs is 2. The number of halogens is 2. The predicted octanol–water partition coefficient (Wildman–Crippen LogP) is 6.28. The molecule has 0 aromatic heterocycles. The molecule has 0 saturated carbocycles. The summed E-state index contributed by atoms with van der Waals surface area (Å²) in [5, 5.41) is 0. The Kier molecular flexibility index (Phi) is 5.06.